The number of aromatic nitrogens is 3. The fourth-order valence-corrected chi connectivity index (χ4v) is 2.14. The Morgan fingerprint density at radius 2 is 2.29 bits per heavy atom. The van der Waals surface area contributed by atoms with Gasteiger partial charge in [0.1, 0.15) is 5.82 Å². The molecule has 1 aliphatic heterocycles. The average Bonchev–Trinajstić information content (AvgIpc) is 2.68. The molecule has 0 saturated carbocycles. The molecule has 2 aromatic heterocycles. The van der Waals surface area contributed by atoms with Crippen LogP contribution in [-0.4, -0.2) is 28.0 Å². The Bertz CT molecular complexity index is 550. The first kappa shape index (κ1) is 10.7. The Morgan fingerprint density at radius 3 is 2.94 bits per heavy atom. The van der Waals surface area contributed by atoms with Gasteiger partial charge in [0, 0.05) is 18.0 Å². The van der Waals surface area contributed by atoms with Crippen LogP contribution in [0.3, 0.4) is 0 Å². The molecule has 0 spiro atoms. The Kier molecular flexibility index (Phi) is 2.60. The van der Waals surface area contributed by atoms with Crippen LogP contribution >= 0.6 is 15.9 Å². The summed E-state index contributed by atoms with van der Waals surface area (Å²) >= 11 is 3.38. The first-order valence-electron chi connectivity index (χ1n) is 5.28. The van der Waals surface area contributed by atoms with Crippen LogP contribution in [0.2, 0.25) is 0 Å². The van der Waals surface area contributed by atoms with Gasteiger partial charge in [-0.15, -0.1) is 0 Å². The predicted molar refractivity (Wildman–Crippen MR) is 67.4 cm³/mol. The number of hydrogen-bond donors (Lipinski definition) is 1. The molecule has 3 rings (SSSR count). The van der Waals surface area contributed by atoms with Crippen molar-refractivity contribution in [3.63, 3.8) is 0 Å². The number of pyridine rings is 1. The minimum Gasteiger partial charge on any atom is -0.383 e. The summed E-state index contributed by atoms with van der Waals surface area (Å²) in [5, 5.41) is 4.33. The smallest absolute Gasteiger partial charge is 0.137 e. The molecule has 5 nitrogen and oxygen atoms in total. The van der Waals surface area contributed by atoms with E-state index in [1.54, 1.807) is 12.4 Å². The van der Waals surface area contributed by atoms with E-state index in [1.165, 1.54) is 0 Å². The Hall–Kier alpha value is -1.40. The molecule has 2 aromatic rings. The summed E-state index contributed by atoms with van der Waals surface area (Å²) in [6, 6.07) is 4.25. The van der Waals surface area contributed by atoms with Crippen LogP contribution in [0.25, 0.3) is 11.3 Å². The predicted octanol–water partition coefficient (Wildman–Crippen LogP) is 1.86. The summed E-state index contributed by atoms with van der Waals surface area (Å²) in [7, 11) is 0. The highest BCUT2D eigenvalue weighted by Crippen LogP contribution is 2.28. The summed E-state index contributed by atoms with van der Waals surface area (Å²) in [4.78, 5) is 4.14. The summed E-state index contributed by atoms with van der Waals surface area (Å²) < 4.78 is 7.96. The summed E-state index contributed by atoms with van der Waals surface area (Å²) in [6.07, 6.45) is 3.55. The number of halogens is 1. The van der Waals surface area contributed by atoms with Crippen LogP contribution in [0.1, 0.15) is 6.04 Å². The van der Waals surface area contributed by atoms with Crippen molar-refractivity contribution in [2.75, 3.05) is 18.9 Å². The number of rotatable bonds is 2. The molecular weight excluding hydrogens is 284 g/mol. The van der Waals surface area contributed by atoms with Gasteiger partial charge < -0.3 is 10.5 Å². The molecule has 0 unspecified atom stereocenters. The van der Waals surface area contributed by atoms with E-state index >= 15 is 0 Å². The molecule has 0 bridgehead atoms. The lowest BCUT2D eigenvalue weighted by molar-refractivity contribution is -0.0278. The van der Waals surface area contributed by atoms with Crippen molar-refractivity contribution in [3.05, 3.63) is 29.0 Å². The van der Waals surface area contributed by atoms with Crippen molar-refractivity contribution in [2.45, 2.75) is 6.04 Å². The highest BCUT2D eigenvalue weighted by Gasteiger charge is 2.23. The topological polar surface area (TPSA) is 66.0 Å². The lowest BCUT2D eigenvalue weighted by Crippen LogP contribution is -2.31. The molecule has 1 saturated heterocycles. The highest BCUT2D eigenvalue weighted by molar-refractivity contribution is 9.10. The summed E-state index contributed by atoms with van der Waals surface area (Å²) in [5.74, 6) is 0.492. The van der Waals surface area contributed by atoms with E-state index in [0.717, 1.165) is 28.9 Å². The molecule has 1 aliphatic rings. The van der Waals surface area contributed by atoms with E-state index in [-0.39, 0.29) is 0 Å². The van der Waals surface area contributed by atoms with Gasteiger partial charge in [0.15, 0.2) is 0 Å². The van der Waals surface area contributed by atoms with Gasteiger partial charge in [-0.1, -0.05) is 0 Å². The van der Waals surface area contributed by atoms with Gasteiger partial charge in [-0.05, 0) is 28.1 Å². The number of anilines is 1. The van der Waals surface area contributed by atoms with Crippen LogP contribution in [0, 0.1) is 0 Å². The zero-order valence-electron chi connectivity index (χ0n) is 9.01. The summed E-state index contributed by atoms with van der Waals surface area (Å²) in [5.41, 5.74) is 7.71. The van der Waals surface area contributed by atoms with Gasteiger partial charge in [0.2, 0.25) is 0 Å². The maximum Gasteiger partial charge on any atom is 0.137 e. The van der Waals surface area contributed by atoms with E-state index in [0.29, 0.717) is 11.9 Å². The van der Waals surface area contributed by atoms with Crippen LogP contribution in [0.15, 0.2) is 29.0 Å². The monoisotopic (exact) mass is 294 g/mol. The first-order valence-corrected chi connectivity index (χ1v) is 6.07. The average molecular weight is 295 g/mol. The molecule has 0 aliphatic carbocycles. The first-order chi connectivity index (χ1) is 8.25. The molecular formula is C11H11BrN4O. The van der Waals surface area contributed by atoms with E-state index in [4.69, 9.17) is 10.5 Å². The summed E-state index contributed by atoms with van der Waals surface area (Å²) in [6.45, 7) is 1.44. The van der Waals surface area contributed by atoms with E-state index in [9.17, 15) is 0 Å². The van der Waals surface area contributed by atoms with Crippen molar-refractivity contribution in [1.29, 1.82) is 0 Å². The molecule has 88 valence electrons. The van der Waals surface area contributed by atoms with Gasteiger partial charge in [0.25, 0.3) is 0 Å². The van der Waals surface area contributed by atoms with Crippen molar-refractivity contribution in [3.8, 4) is 11.3 Å². The molecule has 1 fully saturated rings. The van der Waals surface area contributed by atoms with Gasteiger partial charge >= 0.3 is 0 Å². The minimum atomic E-state index is 0.330. The maximum atomic E-state index is 5.68. The van der Waals surface area contributed by atoms with Crippen LogP contribution in [0.4, 0.5) is 5.82 Å². The number of nitrogens with two attached hydrogens (primary N) is 1. The molecule has 6 heteroatoms. The largest absolute Gasteiger partial charge is 0.383 e. The lowest BCUT2D eigenvalue weighted by atomic mass is 10.2. The van der Waals surface area contributed by atoms with Gasteiger partial charge in [0.05, 0.1) is 29.4 Å². The van der Waals surface area contributed by atoms with Gasteiger partial charge in [-0.2, -0.15) is 5.10 Å². The Balaban J connectivity index is 2.02. The number of nitrogen functional groups attached to an aromatic ring is 1. The van der Waals surface area contributed by atoms with Crippen LogP contribution < -0.4 is 5.73 Å². The molecule has 0 atom stereocenters. The maximum absolute atomic E-state index is 5.68. The normalized spacial score (nSPS) is 15.8. The fourth-order valence-electron chi connectivity index (χ4n) is 1.79. The molecule has 0 radical (unpaired) electrons. The standard InChI is InChI=1S/C11H11BrN4O/c12-9-3-7(4-14-11(9)13)10-1-2-15-16(10)8-5-17-6-8/h1-4,8H,5-6H2,(H2,13,14). The zero-order valence-corrected chi connectivity index (χ0v) is 10.6. The highest BCUT2D eigenvalue weighted by atomic mass is 79.9. The number of nitrogens with zero attached hydrogens (tertiary/aromatic N) is 3. The van der Waals surface area contributed by atoms with Gasteiger partial charge in [-0.25, -0.2) is 4.98 Å². The Labute approximate surface area is 107 Å². The van der Waals surface area contributed by atoms with Crippen molar-refractivity contribution in [1.82, 2.24) is 14.8 Å². The van der Waals surface area contributed by atoms with E-state index in [1.807, 2.05) is 16.8 Å². The molecule has 2 N–H and O–H groups in total. The quantitative estimate of drug-likeness (QED) is 0.918. The van der Waals surface area contributed by atoms with Crippen molar-refractivity contribution >= 4 is 21.7 Å². The van der Waals surface area contributed by atoms with Crippen LogP contribution in [-0.2, 0) is 4.74 Å². The minimum absolute atomic E-state index is 0.330. The number of ether oxygens (including phenoxy) is 1. The van der Waals surface area contributed by atoms with Crippen LogP contribution in [0.5, 0.6) is 0 Å². The van der Waals surface area contributed by atoms with Crippen molar-refractivity contribution < 1.29 is 4.74 Å². The third-order valence-electron chi connectivity index (χ3n) is 2.80. The number of hydrogen-bond acceptors (Lipinski definition) is 4. The molecule has 0 amide bonds. The molecule has 0 aromatic carbocycles. The SMILES string of the molecule is Nc1ncc(-c2ccnn2C2COC2)cc1Br. The van der Waals surface area contributed by atoms with Gasteiger partial charge in [-0.3, -0.25) is 4.68 Å². The second-order valence-electron chi connectivity index (χ2n) is 3.94. The second-order valence-corrected chi connectivity index (χ2v) is 4.80. The molecule has 17 heavy (non-hydrogen) atoms. The third kappa shape index (κ3) is 1.83. The van der Waals surface area contributed by atoms with Crippen molar-refractivity contribution in [2.24, 2.45) is 0 Å². The zero-order chi connectivity index (χ0) is 11.8. The molecule has 3 heterocycles. The third-order valence-corrected chi connectivity index (χ3v) is 3.44. The fraction of sp³-hybridized carbons (Fsp3) is 0.273. The van der Waals surface area contributed by atoms with E-state index in [2.05, 4.69) is 26.0 Å². The Morgan fingerprint density at radius 1 is 1.47 bits per heavy atom. The second kappa shape index (κ2) is 4.12. The van der Waals surface area contributed by atoms with E-state index < -0.39 is 0 Å². The lowest BCUT2D eigenvalue weighted by Gasteiger charge is -2.27.